The number of nitrogens with one attached hydrogen (secondary N) is 1. The van der Waals surface area contributed by atoms with Gasteiger partial charge in [0.15, 0.2) is 0 Å². The van der Waals surface area contributed by atoms with Crippen molar-refractivity contribution in [3.05, 3.63) is 65.7 Å². The second-order valence-electron chi connectivity index (χ2n) is 5.11. The zero-order chi connectivity index (χ0) is 13.3. The van der Waals surface area contributed by atoms with Crippen LogP contribution in [0.25, 0.3) is 0 Å². The number of benzene rings is 2. The van der Waals surface area contributed by atoms with E-state index in [1.54, 1.807) is 0 Å². The van der Waals surface area contributed by atoms with Crippen LogP contribution in [0.1, 0.15) is 11.1 Å². The largest absolute Gasteiger partial charge is 0.324 e. The molecule has 0 spiro atoms. The molecule has 0 saturated carbocycles. The summed E-state index contributed by atoms with van der Waals surface area (Å²) in [5.74, 6) is -0.102. The van der Waals surface area contributed by atoms with Crippen LogP contribution in [-0.2, 0) is 17.6 Å². The van der Waals surface area contributed by atoms with E-state index in [9.17, 15) is 4.79 Å². The van der Waals surface area contributed by atoms with Crippen molar-refractivity contribution in [2.75, 3.05) is 5.32 Å². The van der Waals surface area contributed by atoms with Crippen molar-refractivity contribution < 1.29 is 4.79 Å². The third-order valence-corrected chi connectivity index (χ3v) is 3.59. The van der Waals surface area contributed by atoms with Gasteiger partial charge < -0.3 is 11.1 Å². The minimum absolute atomic E-state index is 0.102. The van der Waals surface area contributed by atoms with Crippen LogP contribution in [0.3, 0.4) is 0 Å². The number of carbonyl (C=O) groups is 1. The van der Waals surface area contributed by atoms with Gasteiger partial charge in [0.25, 0.3) is 0 Å². The van der Waals surface area contributed by atoms with E-state index < -0.39 is 5.54 Å². The Morgan fingerprint density at radius 2 is 1.74 bits per heavy atom. The van der Waals surface area contributed by atoms with E-state index in [0.717, 1.165) is 16.8 Å². The summed E-state index contributed by atoms with van der Waals surface area (Å²) in [5.41, 5.74) is 8.53. The summed E-state index contributed by atoms with van der Waals surface area (Å²) in [6.45, 7) is 0. The molecule has 3 heteroatoms. The molecule has 3 N–H and O–H groups in total. The van der Waals surface area contributed by atoms with E-state index in [1.165, 1.54) is 0 Å². The minimum Gasteiger partial charge on any atom is -0.324 e. The van der Waals surface area contributed by atoms with Gasteiger partial charge in [-0.15, -0.1) is 0 Å². The molecule has 0 fully saturated rings. The summed E-state index contributed by atoms with van der Waals surface area (Å²) in [7, 11) is 0. The molecule has 0 unspecified atom stereocenters. The van der Waals surface area contributed by atoms with Gasteiger partial charge in [0.1, 0.15) is 5.54 Å². The maximum Gasteiger partial charge on any atom is 0.245 e. The number of para-hydroxylation sites is 1. The summed E-state index contributed by atoms with van der Waals surface area (Å²) in [6.07, 6.45) is 1.12. The first-order valence-electron chi connectivity index (χ1n) is 6.40. The van der Waals surface area contributed by atoms with Gasteiger partial charge in [0.2, 0.25) is 5.91 Å². The van der Waals surface area contributed by atoms with Gasteiger partial charge in [-0.2, -0.15) is 0 Å². The van der Waals surface area contributed by atoms with Crippen LogP contribution in [0.4, 0.5) is 5.69 Å². The molecule has 0 aliphatic carbocycles. The van der Waals surface area contributed by atoms with Crippen LogP contribution in [-0.4, -0.2) is 11.4 Å². The SMILES string of the molecule is N[C@]1(Cc2ccccc2)Cc2ccccc2NC1=O. The molecule has 1 heterocycles. The lowest BCUT2D eigenvalue weighted by molar-refractivity contribution is -0.121. The summed E-state index contributed by atoms with van der Waals surface area (Å²) in [6, 6.07) is 17.7. The van der Waals surface area contributed by atoms with Crippen molar-refractivity contribution in [2.45, 2.75) is 18.4 Å². The number of fused-ring (bicyclic) bond motifs is 1. The van der Waals surface area contributed by atoms with Crippen LogP contribution >= 0.6 is 0 Å². The number of hydrogen-bond acceptors (Lipinski definition) is 2. The molecule has 1 atom stereocenters. The Morgan fingerprint density at radius 1 is 1.05 bits per heavy atom. The second-order valence-corrected chi connectivity index (χ2v) is 5.11. The first-order chi connectivity index (χ1) is 9.17. The summed E-state index contributed by atoms with van der Waals surface area (Å²) in [5, 5.41) is 2.91. The monoisotopic (exact) mass is 252 g/mol. The molecular weight excluding hydrogens is 236 g/mol. The predicted molar refractivity (Wildman–Crippen MR) is 75.8 cm³/mol. The number of rotatable bonds is 2. The molecule has 1 aliphatic heterocycles. The van der Waals surface area contributed by atoms with Crippen LogP contribution in [0, 0.1) is 0 Å². The lowest BCUT2D eigenvalue weighted by Crippen LogP contribution is -2.56. The van der Waals surface area contributed by atoms with E-state index in [1.807, 2.05) is 54.6 Å². The highest BCUT2D eigenvalue weighted by atomic mass is 16.2. The molecule has 0 radical (unpaired) electrons. The molecule has 2 aromatic rings. The van der Waals surface area contributed by atoms with E-state index in [4.69, 9.17) is 5.73 Å². The molecule has 96 valence electrons. The number of anilines is 1. The van der Waals surface area contributed by atoms with Crippen molar-refractivity contribution in [1.29, 1.82) is 0 Å². The first-order valence-corrected chi connectivity index (χ1v) is 6.40. The molecule has 0 saturated heterocycles. The Labute approximate surface area is 112 Å². The van der Waals surface area contributed by atoms with Gasteiger partial charge in [0.05, 0.1) is 0 Å². The topological polar surface area (TPSA) is 55.1 Å². The predicted octanol–water partition coefficient (Wildman–Crippen LogP) is 2.12. The van der Waals surface area contributed by atoms with E-state index in [0.29, 0.717) is 12.8 Å². The highest BCUT2D eigenvalue weighted by Gasteiger charge is 2.38. The van der Waals surface area contributed by atoms with Crippen molar-refractivity contribution in [3.8, 4) is 0 Å². The molecule has 1 amide bonds. The zero-order valence-electron chi connectivity index (χ0n) is 10.6. The maximum absolute atomic E-state index is 12.2. The van der Waals surface area contributed by atoms with E-state index in [-0.39, 0.29) is 5.91 Å². The first kappa shape index (κ1) is 11.9. The lowest BCUT2D eigenvalue weighted by atomic mass is 9.82. The average molecular weight is 252 g/mol. The normalized spacial score (nSPS) is 21.6. The molecule has 19 heavy (non-hydrogen) atoms. The molecule has 3 rings (SSSR count). The van der Waals surface area contributed by atoms with Gasteiger partial charge in [-0.25, -0.2) is 0 Å². The third kappa shape index (κ3) is 2.25. The van der Waals surface area contributed by atoms with Crippen molar-refractivity contribution >= 4 is 11.6 Å². The van der Waals surface area contributed by atoms with Crippen LogP contribution in [0.2, 0.25) is 0 Å². The van der Waals surface area contributed by atoms with E-state index in [2.05, 4.69) is 5.32 Å². The number of carbonyl (C=O) groups excluding carboxylic acids is 1. The molecular formula is C16H16N2O. The van der Waals surface area contributed by atoms with Crippen LogP contribution < -0.4 is 11.1 Å². The molecule has 2 aromatic carbocycles. The fourth-order valence-electron chi connectivity index (χ4n) is 2.57. The maximum atomic E-state index is 12.2. The number of hydrogen-bond donors (Lipinski definition) is 2. The second kappa shape index (κ2) is 4.52. The molecule has 0 bridgehead atoms. The summed E-state index contributed by atoms with van der Waals surface area (Å²) < 4.78 is 0. The molecule has 3 nitrogen and oxygen atoms in total. The van der Waals surface area contributed by atoms with Crippen LogP contribution in [0.5, 0.6) is 0 Å². The lowest BCUT2D eigenvalue weighted by Gasteiger charge is -2.33. The minimum atomic E-state index is -0.865. The quantitative estimate of drug-likeness (QED) is 0.860. The Balaban J connectivity index is 1.91. The van der Waals surface area contributed by atoms with Crippen molar-refractivity contribution in [1.82, 2.24) is 0 Å². The van der Waals surface area contributed by atoms with Gasteiger partial charge in [-0.1, -0.05) is 48.5 Å². The van der Waals surface area contributed by atoms with Gasteiger partial charge in [-0.05, 0) is 23.6 Å². The average Bonchev–Trinajstić information content (AvgIpc) is 2.41. The Hall–Kier alpha value is -2.13. The standard InChI is InChI=1S/C16H16N2O/c17-16(10-12-6-2-1-3-7-12)11-13-8-4-5-9-14(13)18-15(16)19/h1-9H,10-11,17H2,(H,18,19)/t16-/m1/s1. The summed E-state index contributed by atoms with van der Waals surface area (Å²) >= 11 is 0. The van der Waals surface area contributed by atoms with Gasteiger partial charge >= 0.3 is 0 Å². The van der Waals surface area contributed by atoms with E-state index >= 15 is 0 Å². The van der Waals surface area contributed by atoms with Crippen molar-refractivity contribution in [2.24, 2.45) is 5.73 Å². The Bertz CT molecular complexity index is 609. The highest BCUT2D eigenvalue weighted by Crippen LogP contribution is 2.28. The Kier molecular flexibility index (Phi) is 2.84. The number of amides is 1. The van der Waals surface area contributed by atoms with Gasteiger partial charge in [0, 0.05) is 12.1 Å². The smallest absolute Gasteiger partial charge is 0.245 e. The van der Waals surface area contributed by atoms with Crippen LogP contribution in [0.15, 0.2) is 54.6 Å². The highest BCUT2D eigenvalue weighted by molar-refractivity contribution is 6.01. The van der Waals surface area contributed by atoms with Gasteiger partial charge in [-0.3, -0.25) is 4.79 Å². The third-order valence-electron chi connectivity index (χ3n) is 3.59. The Morgan fingerprint density at radius 3 is 2.53 bits per heavy atom. The zero-order valence-corrected chi connectivity index (χ0v) is 10.6. The van der Waals surface area contributed by atoms with Crippen molar-refractivity contribution in [3.63, 3.8) is 0 Å². The molecule has 1 aliphatic rings. The fraction of sp³-hybridized carbons (Fsp3) is 0.188. The summed E-state index contributed by atoms with van der Waals surface area (Å²) in [4.78, 5) is 12.2. The fourth-order valence-corrected chi connectivity index (χ4v) is 2.57. The molecule has 0 aromatic heterocycles. The number of nitrogens with two attached hydrogens (primary N) is 1.